The number of amides is 1. The van der Waals surface area contributed by atoms with E-state index in [-0.39, 0.29) is 11.9 Å². The Morgan fingerprint density at radius 3 is 2.72 bits per heavy atom. The summed E-state index contributed by atoms with van der Waals surface area (Å²) in [4.78, 5) is 15.0. The largest absolute Gasteiger partial charge is 0.486 e. The van der Waals surface area contributed by atoms with Crippen molar-refractivity contribution in [1.29, 1.82) is 0 Å². The third-order valence-corrected chi connectivity index (χ3v) is 6.14. The van der Waals surface area contributed by atoms with Crippen LogP contribution in [0.1, 0.15) is 50.2 Å². The Morgan fingerprint density at radius 2 is 1.94 bits per heavy atom. The van der Waals surface area contributed by atoms with Gasteiger partial charge in [-0.2, -0.15) is 5.10 Å². The van der Waals surface area contributed by atoms with E-state index in [1.165, 1.54) is 0 Å². The van der Waals surface area contributed by atoms with E-state index in [1.54, 1.807) is 6.20 Å². The van der Waals surface area contributed by atoms with E-state index < -0.39 is 6.10 Å². The number of hydrogen-bond donors (Lipinski definition) is 2. The van der Waals surface area contributed by atoms with Crippen molar-refractivity contribution in [2.45, 2.75) is 57.2 Å². The first-order valence-corrected chi connectivity index (χ1v) is 11.8. The lowest BCUT2D eigenvalue weighted by Crippen LogP contribution is -2.46. The first-order valence-electron chi connectivity index (χ1n) is 11.8. The molecule has 0 unspecified atom stereocenters. The molecular formula is C24H34N4O4. The highest BCUT2D eigenvalue weighted by molar-refractivity contribution is 5.76. The summed E-state index contributed by atoms with van der Waals surface area (Å²) in [6, 6.07) is 7.07. The molecule has 0 bridgehead atoms. The maximum Gasteiger partial charge on any atom is 0.220 e. The average Bonchev–Trinajstić information content (AvgIpc) is 3.52. The smallest absolute Gasteiger partial charge is 0.220 e. The van der Waals surface area contributed by atoms with Gasteiger partial charge in [0.05, 0.1) is 6.04 Å². The van der Waals surface area contributed by atoms with Crippen molar-refractivity contribution in [3.8, 4) is 11.5 Å². The summed E-state index contributed by atoms with van der Waals surface area (Å²) in [7, 11) is 0. The van der Waals surface area contributed by atoms with E-state index in [9.17, 15) is 9.90 Å². The van der Waals surface area contributed by atoms with Crippen molar-refractivity contribution in [1.82, 2.24) is 20.0 Å². The van der Waals surface area contributed by atoms with E-state index in [1.807, 2.05) is 35.1 Å². The summed E-state index contributed by atoms with van der Waals surface area (Å²) in [5.74, 6) is 1.34. The third kappa shape index (κ3) is 6.23. The number of carbonyl (C=O) groups is 1. The molecule has 1 aromatic carbocycles. The number of benzene rings is 1. The Hall–Kier alpha value is -2.58. The molecule has 1 fully saturated rings. The molecule has 2 aliphatic rings. The van der Waals surface area contributed by atoms with E-state index >= 15 is 0 Å². The van der Waals surface area contributed by atoms with Gasteiger partial charge >= 0.3 is 0 Å². The van der Waals surface area contributed by atoms with Crippen LogP contribution < -0.4 is 14.8 Å². The van der Waals surface area contributed by atoms with Gasteiger partial charge in [0, 0.05) is 31.9 Å². The lowest BCUT2D eigenvalue weighted by molar-refractivity contribution is -0.123. The van der Waals surface area contributed by atoms with Crippen LogP contribution in [-0.4, -0.2) is 64.6 Å². The summed E-state index contributed by atoms with van der Waals surface area (Å²) >= 11 is 0. The summed E-state index contributed by atoms with van der Waals surface area (Å²) in [6.07, 6.45) is 8.49. The van der Waals surface area contributed by atoms with Crippen molar-refractivity contribution in [2.24, 2.45) is 0 Å². The number of aromatic nitrogens is 2. The summed E-state index contributed by atoms with van der Waals surface area (Å²) in [6.45, 7) is 4.56. The number of aliphatic hydroxyl groups excluding tert-OH is 1. The van der Waals surface area contributed by atoms with E-state index in [4.69, 9.17) is 9.47 Å². The fourth-order valence-electron chi connectivity index (χ4n) is 4.39. The standard InChI is InChI=1S/C24H34N4O4/c29-23(7-2-1-3-13-28-14-6-10-25-28)26-20(18-27-11-4-5-12-27)24(30)19-8-9-21-22(17-19)32-16-15-31-21/h6,8-10,14,17,20,24,30H,1-5,7,11-13,15-16,18H2,(H,26,29)/t20-,24-/m1/s1. The molecule has 3 heterocycles. The summed E-state index contributed by atoms with van der Waals surface area (Å²) in [5, 5.41) is 18.5. The number of likely N-dealkylation sites (tertiary alicyclic amines) is 1. The summed E-state index contributed by atoms with van der Waals surface area (Å²) < 4.78 is 13.2. The average molecular weight is 443 g/mol. The maximum absolute atomic E-state index is 12.7. The van der Waals surface area contributed by atoms with Gasteiger partial charge in [-0.05, 0) is 62.5 Å². The Bertz CT molecular complexity index is 852. The number of unbranched alkanes of at least 4 members (excludes halogenated alkanes) is 2. The number of nitrogens with one attached hydrogen (secondary N) is 1. The minimum absolute atomic E-state index is 0.00937. The van der Waals surface area contributed by atoms with Crippen LogP contribution in [0.15, 0.2) is 36.7 Å². The topological polar surface area (TPSA) is 88.9 Å². The molecule has 8 nitrogen and oxygen atoms in total. The zero-order chi connectivity index (χ0) is 22.2. The first-order chi connectivity index (χ1) is 15.7. The molecule has 1 amide bonds. The normalized spacial score (nSPS) is 17.8. The molecule has 2 N–H and O–H groups in total. The molecule has 4 rings (SSSR count). The number of carbonyl (C=O) groups excluding carboxylic acids is 1. The van der Waals surface area contributed by atoms with Crippen LogP contribution in [0.3, 0.4) is 0 Å². The molecule has 0 saturated carbocycles. The molecule has 0 aliphatic carbocycles. The molecule has 0 spiro atoms. The second-order valence-electron chi connectivity index (χ2n) is 8.61. The van der Waals surface area contributed by atoms with Crippen LogP contribution >= 0.6 is 0 Å². The van der Waals surface area contributed by atoms with Gasteiger partial charge in [-0.15, -0.1) is 0 Å². The Labute approximate surface area is 189 Å². The second kappa shape index (κ2) is 11.3. The van der Waals surface area contributed by atoms with Gasteiger partial charge in [0.15, 0.2) is 11.5 Å². The highest BCUT2D eigenvalue weighted by atomic mass is 16.6. The predicted molar refractivity (Wildman–Crippen MR) is 121 cm³/mol. The predicted octanol–water partition coefficient (Wildman–Crippen LogP) is 2.53. The lowest BCUT2D eigenvalue weighted by Gasteiger charge is -2.29. The van der Waals surface area contributed by atoms with Crippen LogP contribution in [0.5, 0.6) is 11.5 Å². The molecular weight excluding hydrogens is 408 g/mol. The highest BCUT2D eigenvalue weighted by Gasteiger charge is 2.27. The van der Waals surface area contributed by atoms with Gasteiger partial charge < -0.3 is 24.8 Å². The van der Waals surface area contributed by atoms with Crippen molar-refractivity contribution in [3.63, 3.8) is 0 Å². The zero-order valence-corrected chi connectivity index (χ0v) is 18.6. The number of fused-ring (bicyclic) bond motifs is 1. The molecule has 8 heteroatoms. The van der Waals surface area contributed by atoms with Crippen LogP contribution in [0.4, 0.5) is 0 Å². The van der Waals surface area contributed by atoms with Crippen molar-refractivity contribution >= 4 is 5.91 Å². The monoisotopic (exact) mass is 442 g/mol. The lowest BCUT2D eigenvalue weighted by atomic mass is 10.0. The van der Waals surface area contributed by atoms with Gasteiger partial charge in [-0.3, -0.25) is 9.48 Å². The van der Waals surface area contributed by atoms with E-state index in [2.05, 4.69) is 15.3 Å². The number of aryl methyl sites for hydroxylation is 1. The number of aliphatic hydroxyl groups is 1. The van der Waals surface area contributed by atoms with Gasteiger partial charge in [0.25, 0.3) is 0 Å². The van der Waals surface area contributed by atoms with Gasteiger partial charge in [0.1, 0.15) is 19.3 Å². The number of nitrogens with zero attached hydrogens (tertiary/aromatic N) is 3. The molecule has 2 atom stereocenters. The number of rotatable bonds is 11. The zero-order valence-electron chi connectivity index (χ0n) is 18.6. The summed E-state index contributed by atoms with van der Waals surface area (Å²) in [5.41, 5.74) is 0.734. The van der Waals surface area contributed by atoms with Gasteiger partial charge in [-0.25, -0.2) is 0 Å². The molecule has 2 aliphatic heterocycles. The van der Waals surface area contributed by atoms with Crippen LogP contribution in [0.2, 0.25) is 0 Å². The molecule has 174 valence electrons. The van der Waals surface area contributed by atoms with Gasteiger partial charge in [0.2, 0.25) is 5.91 Å². The molecule has 32 heavy (non-hydrogen) atoms. The minimum atomic E-state index is -0.810. The Morgan fingerprint density at radius 1 is 1.12 bits per heavy atom. The highest BCUT2D eigenvalue weighted by Crippen LogP contribution is 2.33. The Kier molecular flexibility index (Phi) is 8.01. The van der Waals surface area contributed by atoms with Crippen molar-refractivity contribution in [2.75, 3.05) is 32.8 Å². The molecule has 2 aromatic rings. The fourth-order valence-corrected chi connectivity index (χ4v) is 4.39. The fraction of sp³-hybridized carbons (Fsp3) is 0.583. The molecule has 1 aromatic heterocycles. The first kappa shape index (κ1) is 22.6. The second-order valence-corrected chi connectivity index (χ2v) is 8.61. The van der Waals surface area contributed by atoms with Crippen molar-refractivity contribution < 1.29 is 19.4 Å². The van der Waals surface area contributed by atoms with E-state index in [0.717, 1.165) is 57.3 Å². The van der Waals surface area contributed by atoms with E-state index in [0.29, 0.717) is 37.7 Å². The SMILES string of the molecule is O=C(CCCCCn1cccn1)N[C@H](CN1CCCC1)[C@H](O)c1ccc2c(c1)OCCO2. The van der Waals surface area contributed by atoms with Crippen molar-refractivity contribution in [3.05, 3.63) is 42.2 Å². The quantitative estimate of drug-likeness (QED) is 0.520. The Balaban J connectivity index is 1.31. The minimum Gasteiger partial charge on any atom is -0.486 e. The number of hydrogen-bond acceptors (Lipinski definition) is 6. The van der Waals surface area contributed by atoms with Gasteiger partial charge in [-0.1, -0.05) is 12.5 Å². The van der Waals surface area contributed by atoms with Crippen LogP contribution in [0, 0.1) is 0 Å². The number of ether oxygens (including phenoxy) is 2. The van der Waals surface area contributed by atoms with Crippen LogP contribution in [-0.2, 0) is 11.3 Å². The maximum atomic E-state index is 12.7. The molecule has 0 radical (unpaired) electrons. The molecule has 1 saturated heterocycles. The third-order valence-electron chi connectivity index (χ3n) is 6.14. The van der Waals surface area contributed by atoms with Crippen LogP contribution in [0.25, 0.3) is 0 Å².